The second-order valence-electron chi connectivity index (χ2n) is 11.1. The van der Waals surface area contributed by atoms with Gasteiger partial charge in [-0.2, -0.15) is 0 Å². The molecule has 208 valence electrons. The summed E-state index contributed by atoms with van der Waals surface area (Å²) in [7, 11) is 0. The molecule has 2 aliphatic rings. The fourth-order valence-corrected chi connectivity index (χ4v) is 6.36. The van der Waals surface area contributed by atoms with Gasteiger partial charge >= 0.3 is 6.03 Å². The lowest BCUT2D eigenvalue weighted by Gasteiger charge is -2.36. The minimum Gasteiger partial charge on any atom is -0.356 e. The molecule has 0 aliphatic carbocycles. The van der Waals surface area contributed by atoms with Crippen LogP contribution < -0.4 is 10.2 Å². The van der Waals surface area contributed by atoms with Crippen molar-refractivity contribution in [2.45, 2.75) is 38.9 Å². The molecule has 1 saturated heterocycles. The molecule has 7 heteroatoms. The van der Waals surface area contributed by atoms with Crippen LogP contribution in [0.1, 0.15) is 49.9 Å². The molecule has 0 spiro atoms. The molecule has 2 N–H and O–H groups in total. The number of anilines is 1. The van der Waals surface area contributed by atoms with E-state index in [0.29, 0.717) is 18.7 Å². The van der Waals surface area contributed by atoms with E-state index in [-0.39, 0.29) is 17.4 Å². The van der Waals surface area contributed by atoms with Gasteiger partial charge in [-0.1, -0.05) is 84.4 Å². The Balaban J connectivity index is 1.28. The van der Waals surface area contributed by atoms with Crippen molar-refractivity contribution >= 4 is 34.4 Å². The number of nitrogens with one attached hydrogen (secondary N) is 2. The van der Waals surface area contributed by atoms with E-state index in [2.05, 4.69) is 16.4 Å². The van der Waals surface area contributed by atoms with Crippen molar-refractivity contribution in [1.82, 2.24) is 15.2 Å². The van der Waals surface area contributed by atoms with Crippen molar-refractivity contribution in [3.8, 4) is 0 Å². The van der Waals surface area contributed by atoms with Gasteiger partial charge in [-0.3, -0.25) is 14.5 Å². The van der Waals surface area contributed by atoms with Crippen molar-refractivity contribution < 1.29 is 14.4 Å². The van der Waals surface area contributed by atoms with Gasteiger partial charge in [0, 0.05) is 29.6 Å². The highest BCUT2D eigenvalue weighted by molar-refractivity contribution is 6.24. The van der Waals surface area contributed by atoms with Crippen LogP contribution in [-0.2, 0) is 17.8 Å². The first-order valence-electron chi connectivity index (χ1n) is 14.2. The molecule has 2 unspecified atom stereocenters. The maximum absolute atomic E-state index is 14.3. The van der Waals surface area contributed by atoms with Crippen LogP contribution in [0, 0.1) is 13.8 Å². The monoisotopic (exact) mass is 554 g/mol. The Kier molecular flexibility index (Phi) is 6.16. The molecule has 5 aromatic rings. The third-order valence-corrected chi connectivity index (χ3v) is 8.50. The zero-order valence-electron chi connectivity index (χ0n) is 23.4. The Morgan fingerprint density at radius 1 is 0.881 bits per heavy atom. The first-order chi connectivity index (χ1) is 20.4. The summed E-state index contributed by atoms with van der Waals surface area (Å²) in [5, 5.41) is 4.01. The van der Waals surface area contributed by atoms with Gasteiger partial charge < -0.3 is 10.3 Å². The SMILES string of the molecule is Cc1ccc(CNC(=O)c2ccccc2N2C(=O)C3Cc4c([nH]c5ccccc45)C(c4ccccc4C)N3C2=O)cc1. The molecular weight excluding hydrogens is 524 g/mol. The van der Waals surface area contributed by atoms with Crippen LogP contribution in [0.3, 0.4) is 0 Å². The lowest BCUT2D eigenvalue weighted by atomic mass is 9.87. The second kappa shape index (κ2) is 10.0. The first-order valence-corrected chi connectivity index (χ1v) is 14.2. The van der Waals surface area contributed by atoms with E-state index in [1.807, 2.05) is 80.6 Å². The number of imide groups is 1. The molecule has 0 radical (unpaired) electrons. The quantitative estimate of drug-likeness (QED) is 0.254. The van der Waals surface area contributed by atoms with E-state index in [1.54, 1.807) is 29.2 Å². The molecule has 4 aromatic carbocycles. The molecule has 4 amide bonds. The number of urea groups is 1. The number of hydrogen-bond donors (Lipinski definition) is 2. The van der Waals surface area contributed by atoms with Crippen molar-refractivity contribution in [1.29, 1.82) is 0 Å². The second-order valence-corrected chi connectivity index (χ2v) is 11.1. The number of amides is 4. The predicted molar refractivity (Wildman–Crippen MR) is 162 cm³/mol. The molecule has 2 aliphatic heterocycles. The number of aromatic nitrogens is 1. The highest BCUT2D eigenvalue weighted by Crippen LogP contribution is 2.45. The number of carbonyl (C=O) groups is 3. The Labute approximate surface area is 243 Å². The molecule has 2 atom stereocenters. The number of aryl methyl sites for hydroxylation is 2. The number of aromatic amines is 1. The summed E-state index contributed by atoms with van der Waals surface area (Å²) in [5.74, 6) is -0.670. The number of nitrogens with zero attached hydrogens (tertiary/aromatic N) is 2. The zero-order valence-corrected chi connectivity index (χ0v) is 23.4. The van der Waals surface area contributed by atoms with Crippen LogP contribution in [0.25, 0.3) is 10.9 Å². The highest BCUT2D eigenvalue weighted by Gasteiger charge is 2.53. The van der Waals surface area contributed by atoms with E-state index in [4.69, 9.17) is 0 Å². The van der Waals surface area contributed by atoms with Gasteiger partial charge in [0.2, 0.25) is 0 Å². The van der Waals surface area contributed by atoms with Crippen LogP contribution >= 0.6 is 0 Å². The lowest BCUT2D eigenvalue weighted by Crippen LogP contribution is -2.44. The van der Waals surface area contributed by atoms with Gasteiger partial charge in [0.1, 0.15) is 12.1 Å². The Bertz CT molecular complexity index is 1870. The number of benzene rings is 4. The summed E-state index contributed by atoms with van der Waals surface area (Å²) in [6.07, 6.45) is 0.393. The number of hydrogen-bond acceptors (Lipinski definition) is 3. The molecule has 7 rings (SSSR count). The van der Waals surface area contributed by atoms with Gasteiger partial charge in [0.15, 0.2) is 0 Å². The van der Waals surface area contributed by atoms with E-state index >= 15 is 0 Å². The van der Waals surface area contributed by atoms with Gasteiger partial charge in [-0.15, -0.1) is 0 Å². The van der Waals surface area contributed by atoms with E-state index in [1.165, 1.54) is 4.90 Å². The van der Waals surface area contributed by atoms with Crippen molar-refractivity contribution in [3.05, 3.63) is 136 Å². The van der Waals surface area contributed by atoms with E-state index < -0.39 is 18.1 Å². The molecule has 0 bridgehead atoms. The summed E-state index contributed by atoms with van der Waals surface area (Å²) >= 11 is 0. The van der Waals surface area contributed by atoms with Crippen LogP contribution in [0.2, 0.25) is 0 Å². The Hall–Kier alpha value is -5.17. The number of rotatable bonds is 5. The average molecular weight is 555 g/mol. The standard InChI is InChI=1S/C35H30N4O3/c1-21-15-17-23(18-16-21)20-36-33(40)26-12-6-8-14-29(26)39-34(41)30-19-27-25-11-5-7-13-28(25)37-31(27)32(38(30)35(39)42)24-10-4-3-9-22(24)2/h3-18,30,32,37H,19-20H2,1-2H3,(H,36,40). The molecule has 42 heavy (non-hydrogen) atoms. The zero-order chi connectivity index (χ0) is 29.0. The minimum atomic E-state index is -0.697. The molecule has 1 fully saturated rings. The fraction of sp³-hybridized carbons (Fsp3) is 0.171. The molecule has 0 saturated carbocycles. The smallest absolute Gasteiger partial charge is 0.332 e. The number of carbonyl (C=O) groups excluding carboxylic acids is 3. The van der Waals surface area contributed by atoms with Crippen LogP contribution in [0.4, 0.5) is 10.5 Å². The summed E-state index contributed by atoms with van der Waals surface area (Å²) in [5.41, 5.74) is 7.62. The number of fused-ring (bicyclic) bond motifs is 4. The first kappa shape index (κ1) is 25.8. The maximum atomic E-state index is 14.3. The minimum absolute atomic E-state index is 0.280. The predicted octanol–water partition coefficient (Wildman–Crippen LogP) is 6.20. The number of H-pyrrole nitrogens is 1. The molecule has 1 aromatic heterocycles. The highest BCUT2D eigenvalue weighted by atomic mass is 16.2. The van der Waals surface area contributed by atoms with Crippen LogP contribution in [0.15, 0.2) is 97.1 Å². The van der Waals surface area contributed by atoms with Crippen molar-refractivity contribution in [2.75, 3.05) is 4.90 Å². The van der Waals surface area contributed by atoms with Gasteiger partial charge in [-0.05, 0) is 54.3 Å². The maximum Gasteiger partial charge on any atom is 0.332 e. The van der Waals surface area contributed by atoms with Crippen molar-refractivity contribution in [2.24, 2.45) is 0 Å². The largest absolute Gasteiger partial charge is 0.356 e. The Morgan fingerprint density at radius 2 is 1.60 bits per heavy atom. The van der Waals surface area contributed by atoms with E-state index in [0.717, 1.165) is 44.4 Å². The molecule has 3 heterocycles. The summed E-state index contributed by atoms with van der Waals surface area (Å²) in [6, 6.07) is 29.2. The average Bonchev–Trinajstić information content (AvgIpc) is 3.50. The van der Waals surface area contributed by atoms with Crippen LogP contribution in [-0.4, -0.2) is 33.8 Å². The lowest BCUT2D eigenvalue weighted by molar-refractivity contribution is -0.120. The van der Waals surface area contributed by atoms with Gasteiger partial charge in [0.25, 0.3) is 11.8 Å². The molecular formula is C35H30N4O3. The van der Waals surface area contributed by atoms with Gasteiger partial charge in [-0.25, -0.2) is 9.69 Å². The summed E-state index contributed by atoms with van der Waals surface area (Å²) in [4.78, 5) is 48.4. The van der Waals surface area contributed by atoms with Gasteiger partial charge in [0.05, 0.1) is 11.3 Å². The summed E-state index contributed by atoms with van der Waals surface area (Å²) in [6.45, 7) is 4.37. The normalized spacial score (nSPS) is 17.9. The summed E-state index contributed by atoms with van der Waals surface area (Å²) < 4.78 is 0. The molecule has 7 nitrogen and oxygen atoms in total. The third kappa shape index (κ3) is 4.08. The van der Waals surface area contributed by atoms with Crippen molar-refractivity contribution in [3.63, 3.8) is 0 Å². The third-order valence-electron chi connectivity index (χ3n) is 8.50. The topological polar surface area (TPSA) is 85.5 Å². The van der Waals surface area contributed by atoms with E-state index in [9.17, 15) is 14.4 Å². The fourth-order valence-electron chi connectivity index (χ4n) is 6.36. The van der Waals surface area contributed by atoms with Crippen LogP contribution in [0.5, 0.6) is 0 Å². The Morgan fingerprint density at radius 3 is 2.40 bits per heavy atom. The number of para-hydroxylation sites is 2.